The molecule has 7 heteroatoms. The van der Waals surface area contributed by atoms with E-state index in [4.69, 9.17) is 20.4 Å². The van der Waals surface area contributed by atoms with E-state index in [0.717, 1.165) is 6.92 Å². The monoisotopic (exact) mass is 361 g/mol. The van der Waals surface area contributed by atoms with Crippen molar-refractivity contribution in [3.63, 3.8) is 0 Å². The lowest BCUT2D eigenvalue weighted by atomic mass is 9.85. The zero-order valence-electron chi connectivity index (χ0n) is 21.8. The van der Waals surface area contributed by atoms with Crippen molar-refractivity contribution < 1.29 is 40.2 Å². The number of allylic oxidation sites excluding steroid dienone is 1. The fraction of sp³-hybridized carbons (Fsp3) is 0.778. The van der Waals surface area contributed by atoms with Crippen LogP contribution in [0.5, 0.6) is 0 Å². The van der Waals surface area contributed by atoms with E-state index in [0.29, 0.717) is 13.0 Å². The minimum Gasteiger partial charge on any atom is -0.463 e. The van der Waals surface area contributed by atoms with Crippen LogP contribution < -0.4 is 0 Å². The van der Waals surface area contributed by atoms with Crippen LogP contribution in [0.1, 0.15) is 44.4 Å². The molecule has 0 aromatic rings. The van der Waals surface area contributed by atoms with Gasteiger partial charge in [-0.1, -0.05) is 12.9 Å². The number of ether oxygens (including phenoxy) is 2. The van der Waals surface area contributed by atoms with Gasteiger partial charge in [0.2, 0.25) is 0 Å². The van der Waals surface area contributed by atoms with Gasteiger partial charge in [0.25, 0.3) is 0 Å². The number of hydrogen-bond acceptors (Lipinski definition) is 7. The highest BCUT2D eigenvalue weighted by atomic mass is 16.6. The van der Waals surface area contributed by atoms with Crippen molar-refractivity contribution in [3.8, 4) is 0 Å². The quantitative estimate of drug-likeness (QED) is 0.471. The van der Waals surface area contributed by atoms with Gasteiger partial charge in [0.05, 0.1) is 20.1 Å². The fourth-order valence-electron chi connectivity index (χ4n) is 3.71. The molecule has 3 aliphatic heterocycles. The molecule has 0 aliphatic carbocycles. The molecule has 3 fully saturated rings. The predicted molar refractivity (Wildman–Crippen MR) is 88.5 cm³/mol. The summed E-state index contributed by atoms with van der Waals surface area (Å²) in [5.74, 6) is -6.67. The summed E-state index contributed by atoms with van der Waals surface area (Å²) >= 11 is 0. The lowest BCUT2D eigenvalue weighted by molar-refractivity contribution is -0.173. The third kappa shape index (κ3) is 3.20. The van der Waals surface area contributed by atoms with Crippen molar-refractivity contribution >= 4 is 11.9 Å². The zero-order chi connectivity index (χ0) is 25.1. The summed E-state index contributed by atoms with van der Waals surface area (Å²) in [6.07, 6.45) is -2.75. The first kappa shape index (κ1) is 10.6. The van der Waals surface area contributed by atoms with Gasteiger partial charge in [0.15, 0.2) is 5.60 Å². The number of cyclic esters (lactones) is 1. The summed E-state index contributed by atoms with van der Waals surface area (Å²) in [5.41, 5.74) is -3.97. The lowest BCUT2D eigenvalue weighted by Gasteiger charge is -2.32. The van der Waals surface area contributed by atoms with Gasteiger partial charge in [0, 0.05) is 34.2 Å². The molecule has 7 nitrogen and oxygen atoms in total. The second kappa shape index (κ2) is 6.70. The Bertz CT molecular complexity index is 856. The summed E-state index contributed by atoms with van der Waals surface area (Å²) < 4.78 is 73.2. The standard InChI is InChI=1S/C18H27NO6/c1-4-11-7-10(2)18(3,23)17(22)24-9-12-13(20)8-19-6-5-14(15(12)19)25-16(11)21/h4,10,12-15,20,23H,5-9H2,1-3H3/b11-4-/t10-,12?,13-,14-,15-,18-/m1/s1/i1D3,2D3,4D,10D. The third-order valence-electron chi connectivity index (χ3n) is 5.26. The predicted octanol–water partition coefficient (Wildman–Crippen LogP) is 0.244. The molecule has 3 rings (SSSR count). The second-order valence-corrected chi connectivity index (χ2v) is 6.88. The van der Waals surface area contributed by atoms with Crippen molar-refractivity contribution in [3.05, 3.63) is 11.6 Å². The number of carbonyl (C=O) groups is 2. The van der Waals surface area contributed by atoms with Crippen LogP contribution in [0, 0.1) is 11.8 Å². The second-order valence-electron chi connectivity index (χ2n) is 6.88. The number of esters is 2. The van der Waals surface area contributed by atoms with E-state index in [1.165, 1.54) is 0 Å². The molecule has 2 N–H and O–H groups in total. The molecule has 3 saturated heterocycles. The Kier molecular flexibility index (Phi) is 2.85. The van der Waals surface area contributed by atoms with Gasteiger partial charge in [0.1, 0.15) is 6.10 Å². The smallest absolute Gasteiger partial charge is 0.338 e. The first-order chi connectivity index (χ1) is 14.9. The Balaban J connectivity index is 2.17. The van der Waals surface area contributed by atoms with E-state index in [2.05, 4.69) is 0 Å². The van der Waals surface area contributed by atoms with Crippen LogP contribution in [0.3, 0.4) is 0 Å². The van der Waals surface area contributed by atoms with Gasteiger partial charge < -0.3 is 19.7 Å². The van der Waals surface area contributed by atoms with Gasteiger partial charge in [-0.25, -0.2) is 9.59 Å². The minimum atomic E-state index is -3.40. The molecule has 3 heterocycles. The highest BCUT2D eigenvalue weighted by molar-refractivity contribution is 5.89. The van der Waals surface area contributed by atoms with Crippen LogP contribution in [-0.4, -0.2) is 70.6 Å². The molecule has 0 amide bonds. The van der Waals surface area contributed by atoms with E-state index in [1.54, 1.807) is 0 Å². The molecule has 6 atom stereocenters. The summed E-state index contributed by atoms with van der Waals surface area (Å²) in [7, 11) is 0. The average molecular weight is 361 g/mol. The maximum atomic E-state index is 13.1. The first-order valence-corrected chi connectivity index (χ1v) is 8.15. The first-order valence-electron chi connectivity index (χ1n) is 12.1. The molecule has 140 valence electrons. The number of hydrogen-bond donors (Lipinski definition) is 2. The van der Waals surface area contributed by atoms with Crippen LogP contribution in [0.15, 0.2) is 11.6 Å². The highest BCUT2D eigenvalue weighted by Gasteiger charge is 2.51. The van der Waals surface area contributed by atoms with Gasteiger partial charge in [-0.15, -0.1) is 0 Å². The molecule has 0 saturated carbocycles. The highest BCUT2D eigenvalue weighted by Crippen LogP contribution is 2.37. The van der Waals surface area contributed by atoms with Crippen LogP contribution in [0.25, 0.3) is 0 Å². The molecule has 25 heavy (non-hydrogen) atoms. The van der Waals surface area contributed by atoms with Gasteiger partial charge >= 0.3 is 11.9 Å². The largest absolute Gasteiger partial charge is 0.463 e. The van der Waals surface area contributed by atoms with Gasteiger partial charge in [-0.2, -0.15) is 0 Å². The molecular formula is C18H27NO6. The van der Waals surface area contributed by atoms with Crippen molar-refractivity contribution in [1.82, 2.24) is 4.90 Å². The third-order valence-corrected chi connectivity index (χ3v) is 5.26. The molecule has 0 radical (unpaired) electrons. The van der Waals surface area contributed by atoms with Crippen molar-refractivity contribution in [1.29, 1.82) is 0 Å². The van der Waals surface area contributed by atoms with E-state index in [9.17, 15) is 19.8 Å². The molecule has 3 aliphatic rings. The Morgan fingerprint density at radius 1 is 1.52 bits per heavy atom. The van der Waals surface area contributed by atoms with Crippen LogP contribution in [-0.2, 0) is 19.1 Å². The average Bonchev–Trinajstić information content (AvgIpc) is 3.19. The maximum absolute atomic E-state index is 13.1. The van der Waals surface area contributed by atoms with Crippen molar-refractivity contribution in [2.75, 3.05) is 19.7 Å². The Labute approximate surface area is 158 Å². The van der Waals surface area contributed by atoms with Crippen LogP contribution >= 0.6 is 0 Å². The van der Waals surface area contributed by atoms with E-state index < -0.39 is 86.0 Å². The summed E-state index contributed by atoms with van der Waals surface area (Å²) in [6.45, 7) is -5.59. The summed E-state index contributed by atoms with van der Waals surface area (Å²) in [4.78, 5) is 27.7. The van der Waals surface area contributed by atoms with E-state index in [1.807, 2.05) is 4.90 Å². The van der Waals surface area contributed by atoms with Gasteiger partial charge in [-0.3, -0.25) is 4.90 Å². The number of aliphatic hydroxyl groups excluding tert-OH is 1. The lowest BCUT2D eigenvalue weighted by Crippen LogP contribution is -2.47. The number of carbonyl (C=O) groups excluding carboxylic acids is 2. The number of nitrogens with zero attached hydrogens (tertiary/aromatic N) is 1. The molecule has 0 bridgehead atoms. The Hall–Kier alpha value is -1.44. The number of aliphatic hydroxyl groups is 2. The van der Waals surface area contributed by atoms with Gasteiger partial charge in [-0.05, 0) is 32.5 Å². The molecule has 0 aromatic heterocycles. The molecule has 0 aromatic carbocycles. The van der Waals surface area contributed by atoms with Crippen molar-refractivity contribution in [2.24, 2.45) is 11.8 Å². The maximum Gasteiger partial charge on any atom is 0.338 e. The topological polar surface area (TPSA) is 96.3 Å². The Morgan fingerprint density at radius 3 is 3.04 bits per heavy atom. The molecular weight excluding hydrogens is 326 g/mol. The van der Waals surface area contributed by atoms with Crippen molar-refractivity contribution in [2.45, 2.75) is 57.3 Å². The normalized spacial score (nSPS) is 53.7. The SMILES string of the molecule is [2H]/C(=C1\C[C@@]([2H])(C([2H])([2H])[2H])[C@@](C)(O)C(=O)OCC2[C@H](O)CN3CC[C@@H](OC1=O)[C@@H]23)C([2H])([2H])[2H]. The van der Waals surface area contributed by atoms with Crippen LogP contribution in [0.4, 0.5) is 0 Å². The Morgan fingerprint density at radius 2 is 2.32 bits per heavy atom. The number of rotatable bonds is 0. The molecule has 1 unspecified atom stereocenters. The van der Waals surface area contributed by atoms with E-state index in [-0.39, 0.29) is 6.54 Å². The minimum absolute atomic E-state index is 0.205. The summed E-state index contributed by atoms with van der Waals surface area (Å²) in [5, 5.41) is 21.4. The fourth-order valence-corrected chi connectivity index (χ4v) is 3.71. The zero-order valence-corrected chi connectivity index (χ0v) is 13.8. The van der Waals surface area contributed by atoms with E-state index >= 15 is 0 Å². The van der Waals surface area contributed by atoms with Crippen LogP contribution in [0.2, 0.25) is 0 Å². The molecule has 0 spiro atoms. The summed E-state index contributed by atoms with van der Waals surface area (Å²) in [6, 6.07) is -1.81.